The number of imidazole rings is 1. The Bertz CT molecular complexity index is 1290. The summed E-state index contributed by atoms with van der Waals surface area (Å²) in [6.07, 6.45) is 7.43. The molecule has 0 bridgehead atoms. The van der Waals surface area contributed by atoms with E-state index in [-0.39, 0.29) is 5.54 Å². The van der Waals surface area contributed by atoms with Gasteiger partial charge in [0, 0.05) is 63.1 Å². The van der Waals surface area contributed by atoms with Gasteiger partial charge in [-0.15, -0.1) is 0 Å². The highest BCUT2D eigenvalue weighted by Gasteiger charge is 2.38. The van der Waals surface area contributed by atoms with Crippen molar-refractivity contribution in [1.82, 2.24) is 34.6 Å². The molecule has 4 heterocycles. The number of fused-ring (bicyclic) bond motifs is 1. The third-order valence-corrected chi connectivity index (χ3v) is 9.33. The summed E-state index contributed by atoms with van der Waals surface area (Å²) in [6.45, 7) is 15.0. The van der Waals surface area contributed by atoms with Crippen LogP contribution in [0.25, 0.3) is 11.2 Å². The molecule has 0 unspecified atom stereocenters. The van der Waals surface area contributed by atoms with E-state index in [2.05, 4.69) is 84.7 Å². The number of hydrogen-bond donors (Lipinski definition) is 2. The van der Waals surface area contributed by atoms with Crippen LogP contribution in [-0.4, -0.2) is 86.7 Å². The number of aromatic nitrogens is 3. The largest absolute Gasteiger partial charge is 0.508 e. The van der Waals surface area contributed by atoms with Crippen LogP contribution in [0.1, 0.15) is 82.8 Å². The van der Waals surface area contributed by atoms with Gasteiger partial charge in [0.05, 0.1) is 6.04 Å². The van der Waals surface area contributed by atoms with Crippen molar-refractivity contribution in [3.05, 3.63) is 53.5 Å². The molecule has 3 atom stereocenters. The van der Waals surface area contributed by atoms with Crippen molar-refractivity contribution in [1.29, 1.82) is 0 Å². The molecule has 2 fully saturated rings. The third-order valence-electron chi connectivity index (χ3n) is 9.33. The molecular formula is C33H51N7O. The van der Waals surface area contributed by atoms with Gasteiger partial charge < -0.3 is 15.0 Å². The van der Waals surface area contributed by atoms with Gasteiger partial charge in [0.2, 0.25) is 0 Å². The quantitative estimate of drug-likeness (QED) is 0.356. The number of piperidine rings is 1. The second kappa shape index (κ2) is 12.8. The Morgan fingerprint density at radius 1 is 1.07 bits per heavy atom. The molecule has 0 amide bonds. The predicted octanol–water partition coefficient (Wildman–Crippen LogP) is 5.12. The van der Waals surface area contributed by atoms with E-state index < -0.39 is 0 Å². The molecule has 1 aromatic carbocycles. The zero-order valence-corrected chi connectivity index (χ0v) is 26.1. The van der Waals surface area contributed by atoms with Crippen LogP contribution >= 0.6 is 0 Å². The van der Waals surface area contributed by atoms with E-state index in [0.29, 0.717) is 23.9 Å². The number of likely N-dealkylation sites (tertiary alicyclic amines) is 1. The Morgan fingerprint density at radius 3 is 2.44 bits per heavy atom. The number of nitrogens with zero attached hydrogens (tertiary/aromatic N) is 6. The van der Waals surface area contributed by atoms with Gasteiger partial charge in [0.15, 0.2) is 5.65 Å². The van der Waals surface area contributed by atoms with Crippen molar-refractivity contribution in [2.24, 2.45) is 0 Å². The van der Waals surface area contributed by atoms with Crippen molar-refractivity contribution < 1.29 is 5.11 Å². The highest BCUT2D eigenvalue weighted by molar-refractivity contribution is 5.72. The van der Waals surface area contributed by atoms with Crippen molar-refractivity contribution in [2.45, 2.75) is 96.6 Å². The standard InChI is InChI=1S/C33H51N7O/c1-7-10-30(39-21-24(3)35-25(4)22-39)32-36-29-18-26(20-34-31(29)40(32)15-8-2)23-38-16-13-33(14-17-38,37(5)6)27-11-9-12-28(41)19-27/h9,11-12,18-20,24-25,30,35,41H,7-8,10,13-17,21-23H2,1-6H3/t24-,25+,30-/m0/s1. The van der Waals surface area contributed by atoms with Crippen LogP contribution in [0.3, 0.4) is 0 Å². The minimum Gasteiger partial charge on any atom is -0.508 e. The summed E-state index contributed by atoms with van der Waals surface area (Å²) < 4.78 is 2.40. The topological polar surface area (TPSA) is 72.7 Å². The first kappa shape index (κ1) is 30.0. The Labute approximate surface area is 246 Å². The molecule has 0 aliphatic carbocycles. The van der Waals surface area contributed by atoms with Crippen molar-refractivity contribution in [2.75, 3.05) is 40.3 Å². The highest BCUT2D eigenvalue weighted by Crippen LogP contribution is 2.39. The molecule has 3 aromatic rings. The second-order valence-corrected chi connectivity index (χ2v) is 12.8. The van der Waals surface area contributed by atoms with Crippen LogP contribution in [0.5, 0.6) is 5.75 Å². The van der Waals surface area contributed by atoms with E-state index in [0.717, 1.165) is 82.5 Å². The summed E-state index contributed by atoms with van der Waals surface area (Å²) in [4.78, 5) is 17.9. The van der Waals surface area contributed by atoms with Crippen LogP contribution in [-0.2, 0) is 18.6 Å². The number of aromatic hydroxyl groups is 1. The number of benzene rings is 1. The zero-order valence-electron chi connectivity index (χ0n) is 26.1. The lowest BCUT2D eigenvalue weighted by atomic mass is 9.79. The summed E-state index contributed by atoms with van der Waals surface area (Å²) in [7, 11) is 4.32. The first-order valence-corrected chi connectivity index (χ1v) is 15.8. The third kappa shape index (κ3) is 6.31. The van der Waals surface area contributed by atoms with E-state index >= 15 is 0 Å². The lowest BCUT2D eigenvalue weighted by Gasteiger charge is -2.46. The molecule has 0 saturated carbocycles. The molecule has 41 heavy (non-hydrogen) atoms. The number of rotatable bonds is 10. The van der Waals surface area contributed by atoms with Gasteiger partial charge >= 0.3 is 0 Å². The van der Waals surface area contributed by atoms with Gasteiger partial charge in [-0.3, -0.25) is 14.7 Å². The lowest BCUT2D eigenvalue weighted by Crippen LogP contribution is -2.55. The average molecular weight is 562 g/mol. The summed E-state index contributed by atoms with van der Waals surface area (Å²) >= 11 is 0. The van der Waals surface area contributed by atoms with E-state index in [1.165, 1.54) is 17.0 Å². The van der Waals surface area contributed by atoms with Crippen molar-refractivity contribution >= 4 is 11.2 Å². The zero-order chi connectivity index (χ0) is 29.1. The van der Waals surface area contributed by atoms with Gasteiger partial charge in [-0.1, -0.05) is 32.4 Å². The Hall–Kier alpha value is -2.52. The van der Waals surface area contributed by atoms with Crippen molar-refractivity contribution in [3.63, 3.8) is 0 Å². The summed E-state index contributed by atoms with van der Waals surface area (Å²) in [6, 6.07) is 11.4. The van der Waals surface area contributed by atoms with Crippen molar-refractivity contribution in [3.8, 4) is 5.75 Å². The number of pyridine rings is 1. The van der Waals surface area contributed by atoms with Gasteiger partial charge in [0.25, 0.3) is 0 Å². The number of piperazine rings is 1. The maximum Gasteiger partial charge on any atom is 0.160 e. The molecule has 224 valence electrons. The Kier molecular flexibility index (Phi) is 9.33. The van der Waals surface area contributed by atoms with Gasteiger partial charge in [-0.25, -0.2) is 9.97 Å². The number of phenolic OH excluding ortho intramolecular Hbond substituents is 1. The fourth-order valence-corrected chi connectivity index (χ4v) is 7.36. The molecule has 2 N–H and O–H groups in total. The monoisotopic (exact) mass is 561 g/mol. The second-order valence-electron chi connectivity index (χ2n) is 12.8. The number of hydrogen-bond acceptors (Lipinski definition) is 7. The van der Waals surface area contributed by atoms with E-state index in [9.17, 15) is 5.11 Å². The average Bonchev–Trinajstić information content (AvgIpc) is 3.29. The molecule has 2 saturated heterocycles. The number of phenols is 1. The maximum atomic E-state index is 10.1. The minimum absolute atomic E-state index is 0.0570. The van der Waals surface area contributed by atoms with Crippen LogP contribution in [0.15, 0.2) is 36.5 Å². The molecule has 2 aliphatic heterocycles. The molecule has 0 radical (unpaired) electrons. The van der Waals surface area contributed by atoms with Crippen LogP contribution in [0.4, 0.5) is 0 Å². The van der Waals surface area contributed by atoms with E-state index in [1.807, 2.05) is 12.1 Å². The van der Waals surface area contributed by atoms with Crippen LogP contribution in [0.2, 0.25) is 0 Å². The van der Waals surface area contributed by atoms with Crippen LogP contribution in [0, 0.1) is 0 Å². The SMILES string of the molecule is CCC[C@@H](c1nc2cc(CN3CCC(c4cccc(O)c4)(N(C)C)CC3)cnc2n1CCC)N1C[C@@H](C)N[C@@H](C)C1. The van der Waals surface area contributed by atoms with Crippen LogP contribution < -0.4 is 5.32 Å². The van der Waals surface area contributed by atoms with Gasteiger partial charge in [-0.2, -0.15) is 0 Å². The molecule has 2 aromatic heterocycles. The molecule has 2 aliphatic rings. The number of nitrogens with one attached hydrogen (secondary N) is 1. The normalized spacial score (nSPS) is 22.9. The Morgan fingerprint density at radius 2 is 1.80 bits per heavy atom. The number of aryl methyl sites for hydroxylation is 1. The molecule has 5 rings (SSSR count). The van der Waals surface area contributed by atoms with E-state index in [1.54, 1.807) is 6.07 Å². The fourth-order valence-electron chi connectivity index (χ4n) is 7.36. The van der Waals surface area contributed by atoms with E-state index in [4.69, 9.17) is 9.97 Å². The first-order valence-electron chi connectivity index (χ1n) is 15.8. The first-order chi connectivity index (χ1) is 19.7. The molecule has 8 nitrogen and oxygen atoms in total. The summed E-state index contributed by atoms with van der Waals surface area (Å²) in [5.74, 6) is 1.53. The van der Waals surface area contributed by atoms with Gasteiger partial charge in [0.1, 0.15) is 17.1 Å². The summed E-state index contributed by atoms with van der Waals surface area (Å²) in [5, 5.41) is 13.8. The Balaban J connectivity index is 1.36. The predicted molar refractivity (Wildman–Crippen MR) is 167 cm³/mol. The molecular weight excluding hydrogens is 510 g/mol. The molecule has 0 spiro atoms. The fraction of sp³-hybridized carbons (Fsp3) is 0.636. The minimum atomic E-state index is -0.0570. The van der Waals surface area contributed by atoms with Gasteiger partial charge in [-0.05, 0) is 83.0 Å². The molecule has 8 heteroatoms. The summed E-state index contributed by atoms with van der Waals surface area (Å²) in [5.41, 5.74) is 4.43. The smallest absolute Gasteiger partial charge is 0.160 e. The maximum absolute atomic E-state index is 10.1. The lowest BCUT2D eigenvalue weighted by molar-refractivity contribution is 0.0505. The highest BCUT2D eigenvalue weighted by atomic mass is 16.3.